The molecule has 7 nitrogen and oxygen atoms in total. The summed E-state index contributed by atoms with van der Waals surface area (Å²) >= 11 is 1.31. The van der Waals surface area contributed by atoms with Crippen molar-refractivity contribution in [3.8, 4) is 11.8 Å². The van der Waals surface area contributed by atoms with Gasteiger partial charge in [-0.2, -0.15) is 0 Å². The number of hydrogen-bond acceptors (Lipinski definition) is 7. The number of amides is 1. The highest BCUT2D eigenvalue weighted by molar-refractivity contribution is 7.15. The fraction of sp³-hybridized carbons (Fsp3) is 0.733. The minimum absolute atomic E-state index is 0.000244. The zero-order valence-corrected chi connectivity index (χ0v) is 24.2. The molecule has 2 atom stereocenters. The average Bonchev–Trinajstić information content (AvgIpc) is 3.58. The molecule has 2 aliphatic carbocycles. The molecule has 1 amide bonds. The molecule has 0 radical (unpaired) electrons. The molecule has 0 unspecified atom stereocenters. The summed E-state index contributed by atoms with van der Waals surface area (Å²) in [5.74, 6) is 6.22. The van der Waals surface area contributed by atoms with Gasteiger partial charge in [0.2, 0.25) is 5.91 Å². The molecule has 5 rings (SSSR count). The first-order chi connectivity index (χ1) is 18.1. The van der Waals surface area contributed by atoms with E-state index in [1.54, 1.807) is 0 Å². The molecule has 1 spiro atoms. The molecular weight excluding hydrogens is 502 g/mol. The van der Waals surface area contributed by atoms with Crippen LogP contribution in [0.1, 0.15) is 93.6 Å². The van der Waals surface area contributed by atoms with Crippen molar-refractivity contribution in [2.75, 3.05) is 25.2 Å². The van der Waals surface area contributed by atoms with Crippen LogP contribution in [0.2, 0.25) is 0 Å². The number of ether oxygens (including phenoxy) is 4. The van der Waals surface area contributed by atoms with Crippen LogP contribution in [0.15, 0.2) is 6.07 Å². The molecule has 2 aliphatic heterocycles. The highest BCUT2D eigenvalue weighted by atomic mass is 32.1. The molecule has 3 heterocycles. The molecule has 2 saturated heterocycles. The molecule has 1 aromatic rings. The van der Waals surface area contributed by atoms with Crippen molar-refractivity contribution in [1.82, 2.24) is 0 Å². The first kappa shape index (κ1) is 27.6. The average molecular weight is 544 g/mol. The van der Waals surface area contributed by atoms with Gasteiger partial charge in [-0.05, 0) is 71.3 Å². The summed E-state index contributed by atoms with van der Waals surface area (Å²) in [5, 5.41) is 0. The molecule has 1 aromatic heterocycles. The van der Waals surface area contributed by atoms with E-state index in [0.717, 1.165) is 43.4 Å². The van der Waals surface area contributed by atoms with Crippen molar-refractivity contribution in [2.45, 2.75) is 103 Å². The zero-order valence-electron chi connectivity index (χ0n) is 23.3. The Labute approximate surface area is 230 Å². The second-order valence-electron chi connectivity index (χ2n) is 12.5. The lowest BCUT2D eigenvalue weighted by Gasteiger charge is -2.42. The fourth-order valence-electron chi connectivity index (χ4n) is 6.16. The maximum atomic E-state index is 14.2. The Hall–Kier alpha value is -1.92. The summed E-state index contributed by atoms with van der Waals surface area (Å²) in [6.45, 7) is 9.59. The van der Waals surface area contributed by atoms with Crippen LogP contribution in [-0.4, -0.2) is 56.2 Å². The van der Waals surface area contributed by atoms with Gasteiger partial charge in [-0.3, -0.25) is 4.79 Å². The third kappa shape index (κ3) is 5.82. The van der Waals surface area contributed by atoms with E-state index in [-0.39, 0.29) is 35.5 Å². The first-order valence-corrected chi connectivity index (χ1v) is 14.9. The molecule has 0 bridgehead atoms. The van der Waals surface area contributed by atoms with E-state index in [2.05, 4.69) is 39.5 Å². The highest BCUT2D eigenvalue weighted by Crippen LogP contribution is 2.45. The smallest absolute Gasteiger partial charge is 0.350 e. The number of carbonyl (C=O) groups excluding carboxylic acids is 2. The van der Waals surface area contributed by atoms with E-state index < -0.39 is 11.8 Å². The third-order valence-electron chi connectivity index (χ3n) is 8.30. The molecule has 8 heteroatoms. The van der Waals surface area contributed by atoms with E-state index in [4.69, 9.17) is 18.9 Å². The van der Waals surface area contributed by atoms with Gasteiger partial charge in [0.25, 0.3) is 0 Å². The van der Waals surface area contributed by atoms with E-state index in [9.17, 15) is 9.59 Å². The number of methoxy groups -OCH3 is 1. The van der Waals surface area contributed by atoms with Gasteiger partial charge in [0.15, 0.2) is 5.79 Å². The number of hydrogen-bond donors (Lipinski definition) is 0. The van der Waals surface area contributed by atoms with Gasteiger partial charge in [-0.15, -0.1) is 11.3 Å². The second-order valence-corrected chi connectivity index (χ2v) is 13.5. The first-order valence-electron chi connectivity index (χ1n) is 14.1. The van der Waals surface area contributed by atoms with E-state index in [1.165, 1.54) is 18.4 Å². The van der Waals surface area contributed by atoms with Crippen LogP contribution < -0.4 is 4.90 Å². The molecule has 4 fully saturated rings. The van der Waals surface area contributed by atoms with Crippen molar-refractivity contribution >= 4 is 28.9 Å². The van der Waals surface area contributed by atoms with Gasteiger partial charge in [-0.25, -0.2) is 4.79 Å². The van der Waals surface area contributed by atoms with Gasteiger partial charge >= 0.3 is 5.97 Å². The number of fused-ring (bicyclic) bond motifs is 1. The molecule has 4 aliphatic rings. The van der Waals surface area contributed by atoms with Crippen molar-refractivity contribution in [3.63, 3.8) is 0 Å². The second kappa shape index (κ2) is 10.9. The summed E-state index contributed by atoms with van der Waals surface area (Å²) in [4.78, 5) is 30.3. The fourth-order valence-corrected chi connectivity index (χ4v) is 7.08. The Morgan fingerprint density at radius 3 is 2.26 bits per heavy atom. The summed E-state index contributed by atoms with van der Waals surface area (Å²) in [6.07, 6.45) is 6.80. The molecule has 2 saturated carbocycles. The van der Waals surface area contributed by atoms with Crippen LogP contribution in [0.5, 0.6) is 0 Å². The lowest BCUT2D eigenvalue weighted by atomic mass is 9.81. The van der Waals surface area contributed by atoms with Gasteiger partial charge in [0.05, 0.1) is 30.9 Å². The van der Waals surface area contributed by atoms with Gasteiger partial charge in [0, 0.05) is 30.2 Å². The number of thiophene rings is 1. The predicted octanol–water partition coefficient (Wildman–Crippen LogP) is 5.54. The Balaban J connectivity index is 1.45. The number of nitrogens with zero attached hydrogens (tertiary/aromatic N) is 1. The number of esters is 1. The number of rotatable bonds is 4. The van der Waals surface area contributed by atoms with Crippen molar-refractivity contribution in [3.05, 3.63) is 15.8 Å². The number of anilines is 1. The molecule has 38 heavy (non-hydrogen) atoms. The molecular formula is C30H41NO6S. The lowest BCUT2D eigenvalue weighted by Crippen LogP contribution is -2.49. The maximum absolute atomic E-state index is 14.2. The quantitative estimate of drug-likeness (QED) is 0.367. The Morgan fingerprint density at radius 2 is 1.68 bits per heavy atom. The SMILES string of the molecule is COC(=O)c1sc(C#CC(C)(C)C)cc1N(C(=O)C1CCC(C)CC1)C1CCC2(CC1)O[C@H]1COC[C@H]1O2. The van der Waals surface area contributed by atoms with Crippen LogP contribution >= 0.6 is 11.3 Å². The maximum Gasteiger partial charge on any atom is 0.350 e. The topological polar surface area (TPSA) is 74.3 Å². The van der Waals surface area contributed by atoms with Gasteiger partial charge in [-0.1, -0.05) is 18.8 Å². The van der Waals surface area contributed by atoms with E-state index in [0.29, 0.717) is 42.5 Å². The van der Waals surface area contributed by atoms with Crippen molar-refractivity contribution in [1.29, 1.82) is 0 Å². The molecule has 208 valence electrons. The monoisotopic (exact) mass is 543 g/mol. The Kier molecular flexibility index (Phi) is 7.94. The largest absolute Gasteiger partial charge is 0.465 e. The van der Waals surface area contributed by atoms with Crippen LogP contribution in [-0.2, 0) is 23.7 Å². The van der Waals surface area contributed by atoms with Crippen LogP contribution in [0.3, 0.4) is 0 Å². The van der Waals surface area contributed by atoms with Crippen LogP contribution in [0.25, 0.3) is 0 Å². The van der Waals surface area contributed by atoms with E-state index in [1.807, 2.05) is 11.0 Å². The summed E-state index contributed by atoms with van der Waals surface area (Å²) < 4.78 is 23.4. The van der Waals surface area contributed by atoms with Gasteiger partial charge < -0.3 is 23.8 Å². The van der Waals surface area contributed by atoms with E-state index >= 15 is 0 Å². The highest BCUT2D eigenvalue weighted by Gasteiger charge is 2.52. The van der Waals surface area contributed by atoms with Crippen molar-refractivity contribution in [2.24, 2.45) is 17.3 Å². The minimum Gasteiger partial charge on any atom is -0.465 e. The summed E-state index contributed by atoms with van der Waals surface area (Å²) in [6, 6.07) is 1.88. The number of carbonyl (C=O) groups is 2. The summed E-state index contributed by atoms with van der Waals surface area (Å²) in [5.41, 5.74) is 0.467. The van der Waals surface area contributed by atoms with Crippen LogP contribution in [0, 0.1) is 29.1 Å². The predicted molar refractivity (Wildman–Crippen MR) is 146 cm³/mol. The normalized spacial score (nSPS) is 32.9. The Morgan fingerprint density at radius 1 is 1.05 bits per heavy atom. The van der Waals surface area contributed by atoms with Gasteiger partial charge in [0.1, 0.15) is 17.1 Å². The lowest BCUT2D eigenvalue weighted by molar-refractivity contribution is -0.209. The van der Waals surface area contributed by atoms with Crippen LogP contribution in [0.4, 0.5) is 5.69 Å². The summed E-state index contributed by atoms with van der Waals surface area (Å²) in [7, 11) is 1.39. The Bertz CT molecular complexity index is 1080. The third-order valence-corrected chi connectivity index (χ3v) is 9.32. The minimum atomic E-state index is -0.590. The zero-order chi connectivity index (χ0) is 27.1. The molecule has 0 N–H and O–H groups in total. The van der Waals surface area contributed by atoms with Crippen molar-refractivity contribution < 1.29 is 28.5 Å². The molecule has 0 aromatic carbocycles. The standard InChI is InChI=1S/C30H41NO6S/c1-19-6-8-20(9-7-19)27(32)31(21-10-14-30(15-11-21)36-24-17-35-18-25(24)37-30)23-16-22(12-13-29(2,3)4)38-26(23)28(33)34-5/h16,19-21,24-25H,6-11,14-15,17-18H2,1-5H3/t19?,20?,21?,24-,25+,30?.